The van der Waals surface area contributed by atoms with Crippen LogP contribution in [-0.4, -0.2) is 21.8 Å². The van der Waals surface area contributed by atoms with E-state index in [9.17, 15) is 9.59 Å². The van der Waals surface area contributed by atoms with Crippen molar-refractivity contribution in [1.82, 2.24) is 9.97 Å². The molecule has 1 heterocycles. The van der Waals surface area contributed by atoms with Gasteiger partial charge in [0.2, 0.25) is 0 Å². The van der Waals surface area contributed by atoms with Crippen molar-refractivity contribution in [2.45, 2.75) is 13.8 Å². The number of nitrogens with zero attached hydrogens (tertiary/aromatic N) is 1. The number of hydrogen-bond acceptors (Lipinski definition) is 3. The van der Waals surface area contributed by atoms with Crippen molar-refractivity contribution in [3.05, 3.63) is 75.8 Å². The number of carbonyl (C=O) groups is 2. The zero-order chi connectivity index (χ0) is 18.7. The van der Waals surface area contributed by atoms with Gasteiger partial charge in [-0.1, -0.05) is 34.1 Å². The van der Waals surface area contributed by atoms with Crippen LogP contribution in [0.5, 0.6) is 0 Å². The summed E-state index contributed by atoms with van der Waals surface area (Å²) in [6, 6.07) is 13.0. The van der Waals surface area contributed by atoms with Gasteiger partial charge >= 0.3 is 0 Å². The predicted octanol–water partition coefficient (Wildman–Crippen LogP) is 4.29. The van der Waals surface area contributed by atoms with Gasteiger partial charge in [-0.2, -0.15) is 0 Å². The van der Waals surface area contributed by atoms with E-state index in [0.717, 1.165) is 15.6 Å². The second-order valence-electron chi connectivity index (χ2n) is 5.86. The molecule has 0 aliphatic heterocycles. The van der Waals surface area contributed by atoms with E-state index in [4.69, 9.17) is 0 Å². The van der Waals surface area contributed by atoms with E-state index >= 15 is 0 Å². The van der Waals surface area contributed by atoms with Crippen molar-refractivity contribution in [1.29, 1.82) is 0 Å². The molecule has 0 saturated heterocycles. The van der Waals surface area contributed by atoms with E-state index in [1.54, 1.807) is 12.1 Å². The zero-order valence-corrected chi connectivity index (χ0v) is 15.8. The van der Waals surface area contributed by atoms with Gasteiger partial charge in [-0.15, -0.1) is 0 Å². The third-order valence-corrected chi connectivity index (χ3v) is 4.30. The summed E-state index contributed by atoms with van der Waals surface area (Å²) >= 11 is 3.38. The molecular formula is C19H17BrN4O2. The highest BCUT2D eigenvalue weighted by Gasteiger charge is 2.21. The molecule has 2 amide bonds. The minimum Gasteiger partial charge on any atom is -0.340 e. The summed E-state index contributed by atoms with van der Waals surface area (Å²) in [6.07, 6.45) is 1.33. The first-order valence-electron chi connectivity index (χ1n) is 7.93. The fraction of sp³-hybridized carbons (Fsp3) is 0.105. The lowest BCUT2D eigenvalue weighted by Crippen LogP contribution is -2.20. The van der Waals surface area contributed by atoms with Crippen LogP contribution >= 0.6 is 15.9 Å². The average molecular weight is 413 g/mol. The van der Waals surface area contributed by atoms with Gasteiger partial charge in [-0.05, 0) is 49.2 Å². The monoisotopic (exact) mass is 412 g/mol. The maximum atomic E-state index is 12.6. The Bertz CT molecular complexity index is 981. The smallest absolute Gasteiger partial charge is 0.276 e. The van der Waals surface area contributed by atoms with E-state index in [1.165, 1.54) is 6.33 Å². The molecule has 0 saturated carbocycles. The van der Waals surface area contributed by atoms with Crippen molar-refractivity contribution >= 4 is 39.1 Å². The highest BCUT2D eigenvalue weighted by atomic mass is 79.9. The predicted molar refractivity (Wildman–Crippen MR) is 105 cm³/mol. The molecule has 0 spiro atoms. The maximum absolute atomic E-state index is 12.6. The number of rotatable bonds is 4. The zero-order valence-electron chi connectivity index (χ0n) is 14.3. The van der Waals surface area contributed by atoms with Crippen LogP contribution in [0.1, 0.15) is 32.1 Å². The summed E-state index contributed by atoms with van der Waals surface area (Å²) in [5.74, 6) is -0.883. The van der Waals surface area contributed by atoms with E-state index in [0.29, 0.717) is 11.4 Å². The lowest BCUT2D eigenvalue weighted by molar-refractivity contribution is 0.0985. The number of carbonyl (C=O) groups excluding carboxylic acids is 2. The molecule has 0 aliphatic rings. The Labute approximate surface area is 159 Å². The average Bonchev–Trinajstić information content (AvgIpc) is 3.08. The molecule has 3 aromatic rings. The van der Waals surface area contributed by atoms with Crippen molar-refractivity contribution in [2.75, 3.05) is 10.6 Å². The fourth-order valence-electron chi connectivity index (χ4n) is 2.47. The maximum Gasteiger partial charge on any atom is 0.276 e. The first kappa shape index (κ1) is 17.9. The van der Waals surface area contributed by atoms with Crippen LogP contribution in [0.25, 0.3) is 0 Å². The van der Waals surface area contributed by atoms with Gasteiger partial charge in [0.25, 0.3) is 11.8 Å². The number of benzene rings is 2. The van der Waals surface area contributed by atoms with Gasteiger partial charge in [-0.25, -0.2) is 4.98 Å². The summed E-state index contributed by atoms with van der Waals surface area (Å²) in [5, 5.41) is 5.56. The molecule has 0 fully saturated rings. The number of aromatic nitrogens is 2. The topological polar surface area (TPSA) is 86.9 Å². The van der Waals surface area contributed by atoms with Gasteiger partial charge in [0, 0.05) is 15.8 Å². The van der Waals surface area contributed by atoms with E-state index in [-0.39, 0.29) is 11.4 Å². The normalized spacial score (nSPS) is 10.4. The number of imidazole rings is 1. The second kappa shape index (κ2) is 7.53. The van der Waals surface area contributed by atoms with Crippen LogP contribution in [0.2, 0.25) is 0 Å². The van der Waals surface area contributed by atoms with Crippen LogP contribution in [0, 0.1) is 13.8 Å². The number of amides is 2. The van der Waals surface area contributed by atoms with E-state index in [1.807, 2.05) is 44.2 Å². The minimum absolute atomic E-state index is 0.0366. The number of anilines is 2. The molecule has 0 atom stereocenters. The Morgan fingerprint density at radius 1 is 1.04 bits per heavy atom. The van der Waals surface area contributed by atoms with E-state index < -0.39 is 11.8 Å². The molecule has 0 bridgehead atoms. The highest BCUT2D eigenvalue weighted by molar-refractivity contribution is 9.10. The molecule has 3 N–H and O–H groups in total. The van der Waals surface area contributed by atoms with Crippen LogP contribution in [0.15, 0.2) is 53.3 Å². The number of H-pyrrole nitrogens is 1. The molecule has 0 radical (unpaired) electrons. The third kappa shape index (κ3) is 4.00. The van der Waals surface area contributed by atoms with Crippen molar-refractivity contribution < 1.29 is 9.59 Å². The standard InChI is InChI=1S/C19H17BrN4O2/c1-11-4-3-5-14(8-11)23-18(25)16-17(22-10-21-16)19(26)24-15-9-13(20)7-6-12(15)2/h3-10H,1-2H3,(H,21,22)(H,23,25)(H,24,26). The van der Waals surface area contributed by atoms with Crippen molar-refractivity contribution in [2.24, 2.45) is 0 Å². The second-order valence-corrected chi connectivity index (χ2v) is 6.78. The number of nitrogens with one attached hydrogen (secondary N) is 3. The van der Waals surface area contributed by atoms with Crippen molar-refractivity contribution in [3.63, 3.8) is 0 Å². The lowest BCUT2D eigenvalue weighted by Gasteiger charge is -2.09. The molecule has 1 aromatic heterocycles. The largest absolute Gasteiger partial charge is 0.340 e. The Morgan fingerprint density at radius 3 is 2.62 bits per heavy atom. The Morgan fingerprint density at radius 2 is 1.85 bits per heavy atom. The van der Waals surface area contributed by atoms with Gasteiger partial charge in [0.1, 0.15) is 5.69 Å². The SMILES string of the molecule is Cc1cccc(NC(=O)c2[nH]cnc2C(=O)Nc2cc(Br)ccc2C)c1. The first-order chi connectivity index (χ1) is 12.4. The van der Waals surface area contributed by atoms with Crippen LogP contribution < -0.4 is 10.6 Å². The highest BCUT2D eigenvalue weighted by Crippen LogP contribution is 2.21. The van der Waals surface area contributed by atoms with Gasteiger partial charge < -0.3 is 15.6 Å². The summed E-state index contributed by atoms with van der Waals surface area (Å²) in [7, 11) is 0. The van der Waals surface area contributed by atoms with Crippen LogP contribution in [0.4, 0.5) is 11.4 Å². The summed E-state index contributed by atoms with van der Waals surface area (Å²) in [5.41, 5.74) is 3.38. The first-order valence-corrected chi connectivity index (χ1v) is 8.72. The number of aryl methyl sites for hydroxylation is 2. The molecular weight excluding hydrogens is 396 g/mol. The number of halogens is 1. The fourth-order valence-corrected chi connectivity index (χ4v) is 2.83. The Hall–Kier alpha value is -2.93. The Kier molecular flexibility index (Phi) is 5.18. The van der Waals surface area contributed by atoms with Gasteiger partial charge in [-0.3, -0.25) is 9.59 Å². The molecule has 0 aliphatic carbocycles. The van der Waals surface area contributed by atoms with Crippen molar-refractivity contribution in [3.8, 4) is 0 Å². The lowest BCUT2D eigenvalue weighted by atomic mass is 10.2. The molecule has 2 aromatic carbocycles. The summed E-state index contributed by atoms with van der Waals surface area (Å²) in [4.78, 5) is 31.8. The van der Waals surface area contributed by atoms with Crippen LogP contribution in [0.3, 0.4) is 0 Å². The third-order valence-electron chi connectivity index (χ3n) is 3.81. The molecule has 0 unspecified atom stereocenters. The molecule has 3 rings (SSSR count). The Balaban J connectivity index is 1.80. The molecule has 26 heavy (non-hydrogen) atoms. The quantitative estimate of drug-likeness (QED) is 0.596. The summed E-state index contributed by atoms with van der Waals surface area (Å²) < 4.78 is 0.845. The number of aromatic amines is 1. The molecule has 132 valence electrons. The number of hydrogen-bond donors (Lipinski definition) is 3. The van der Waals surface area contributed by atoms with Crippen LogP contribution in [-0.2, 0) is 0 Å². The van der Waals surface area contributed by atoms with E-state index in [2.05, 4.69) is 36.5 Å². The molecule has 7 heteroatoms. The van der Waals surface area contributed by atoms with Gasteiger partial charge in [0.05, 0.1) is 6.33 Å². The summed E-state index contributed by atoms with van der Waals surface area (Å²) in [6.45, 7) is 3.82. The van der Waals surface area contributed by atoms with Gasteiger partial charge in [0.15, 0.2) is 5.69 Å². The molecule has 6 nitrogen and oxygen atoms in total. The minimum atomic E-state index is -0.457.